The van der Waals surface area contributed by atoms with Crippen LogP contribution in [0.5, 0.6) is 5.75 Å². The van der Waals surface area contributed by atoms with E-state index in [9.17, 15) is 18.0 Å². The Balaban J connectivity index is 1.73. The third-order valence-corrected chi connectivity index (χ3v) is 6.60. The van der Waals surface area contributed by atoms with E-state index in [2.05, 4.69) is 29.4 Å². The average molecular weight is 521 g/mol. The largest absolute Gasteiger partial charge is 0.482 e. The van der Waals surface area contributed by atoms with Gasteiger partial charge in [0, 0.05) is 11.7 Å². The number of carbonyl (C=O) groups excluding carboxylic acids is 1. The first kappa shape index (κ1) is 27.6. The van der Waals surface area contributed by atoms with Gasteiger partial charge >= 0.3 is 6.18 Å². The molecule has 36 heavy (non-hydrogen) atoms. The van der Waals surface area contributed by atoms with Gasteiger partial charge in [0.1, 0.15) is 5.75 Å². The quantitative estimate of drug-likeness (QED) is 0.301. The van der Waals surface area contributed by atoms with Crippen LogP contribution in [-0.4, -0.2) is 25.9 Å². The van der Waals surface area contributed by atoms with Gasteiger partial charge in [0.2, 0.25) is 5.91 Å². The van der Waals surface area contributed by atoms with Crippen LogP contribution in [0.1, 0.15) is 76.6 Å². The lowest BCUT2D eigenvalue weighted by Gasteiger charge is -2.21. The summed E-state index contributed by atoms with van der Waals surface area (Å²) in [7, 11) is 0. The number of benzene rings is 2. The summed E-state index contributed by atoms with van der Waals surface area (Å²) in [6.07, 6.45) is -4.81. The van der Waals surface area contributed by atoms with Crippen LogP contribution in [0.3, 0.4) is 0 Å². The van der Waals surface area contributed by atoms with Crippen molar-refractivity contribution < 1.29 is 22.7 Å². The monoisotopic (exact) mass is 520 g/mol. The van der Waals surface area contributed by atoms with Gasteiger partial charge in [0.15, 0.2) is 17.1 Å². The maximum Gasteiger partial charge on any atom is 0.416 e. The van der Waals surface area contributed by atoms with E-state index in [0.29, 0.717) is 16.9 Å². The lowest BCUT2D eigenvalue weighted by Crippen LogP contribution is -2.23. The summed E-state index contributed by atoms with van der Waals surface area (Å²) in [5, 5.41) is 11.3. The molecule has 1 heterocycles. The molecular weight excluding hydrogens is 489 g/mol. The Kier molecular flexibility index (Phi) is 8.71. The van der Waals surface area contributed by atoms with Crippen LogP contribution in [0.4, 0.5) is 18.9 Å². The Bertz CT molecular complexity index is 1180. The number of hydrogen-bond acceptors (Lipinski definition) is 5. The van der Waals surface area contributed by atoms with E-state index in [1.54, 1.807) is 6.92 Å². The average Bonchev–Trinajstić information content (AvgIpc) is 3.23. The minimum absolute atomic E-state index is 0.00840. The Labute approximate surface area is 213 Å². The number of alkyl halides is 3. The standard InChI is InChI=1S/C26H31F3N4O2S/c1-15(2)21-9-7-8-10-22(21)35-17(5)23-31-32-25(33(23)16(3)4)36-18(6)24(34)30-20-13-11-19(12-14-20)26(27,28)29/h7-18H,1-6H3,(H,30,34). The molecule has 1 aromatic heterocycles. The summed E-state index contributed by atoms with van der Waals surface area (Å²) in [4.78, 5) is 12.7. The fourth-order valence-electron chi connectivity index (χ4n) is 3.64. The SMILES string of the molecule is CC(Sc1nnc(C(C)Oc2ccccc2C(C)C)n1C(C)C)C(=O)Nc1ccc(C(F)(F)F)cc1. The third kappa shape index (κ3) is 6.60. The topological polar surface area (TPSA) is 69.0 Å². The number of rotatable bonds is 9. The highest BCUT2D eigenvalue weighted by Gasteiger charge is 2.30. The van der Waals surface area contributed by atoms with Crippen molar-refractivity contribution in [3.05, 3.63) is 65.5 Å². The summed E-state index contributed by atoms with van der Waals surface area (Å²) >= 11 is 1.23. The van der Waals surface area contributed by atoms with Crippen molar-refractivity contribution in [1.29, 1.82) is 0 Å². The smallest absolute Gasteiger partial charge is 0.416 e. The summed E-state index contributed by atoms with van der Waals surface area (Å²) in [5.74, 6) is 1.37. The molecule has 6 nitrogen and oxygen atoms in total. The summed E-state index contributed by atoms with van der Waals surface area (Å²) in [6.45, 7) is 11.8. The highest BCUT2D eigenvalue weighted by Crippen LogP contribution is 2.33. The van der Waals surface area contributed by atoms with E-state index in [1.807, 2.05) is 49.6 Å². The van der Waals surface area contributed by atoms with Crippen LogP contribution in [0.25, 0.3) is 0 Å². The number of anilines is 1. The van der Waals surface area contributed by atoms with Crippen molar-refractivity contribution in [3.63, 3.8) is 0 Å². The van der Waals surface area contributed by atoms with Crippen molar-refractivity contribution in [2.24, 2.45) is 0 Å². The number of halogens is 3. The van der Waals surface area contributed by atoms with Crippen LogP contribution in [0.15, 0.2) is 53.7 Å². The van der Waals surface area contributed by atoms with Crippen LogP contribution in [0.2, 0.25) is 0 Å². The molecule has 0 bridgehead atoms. The molecule has 1 amide bonds. The van der Waals surface area contributed by atoms with Crippen LogP contribution >= 0.6 is 11.8 Å². The molecule has 1 N–H and O–H groups in total. The highest BCUT2D eigenvalue weighted by molar-refractivity contribution is 8.00. The molecular formula is C26H31F3N4O2S. The highest BCUT2D eigenvalue weighted by atomic mass is 32.2. The molecule has 2 atom stereocenters. The van der Waals surface area contributed by atoms with Gasteiger partial charge in [-0.15, -0.1) is 10.2 Å². The van der Waals surface area contributed by atoms with Gasteiger partial charge in [-0.3, -0.25) is 4.79 Å². The van der Waals surface area contributed by atoms with E-state index >= 15 is 0 Å². The summed E-state index contributed by atoms with van der Waals surface area (Å²) in [5.41, 5.74) is 0.619. The molecule has 2 unspecified atom stereocenters. The normalized spacial score (nSPS) is 13.6. The molecule has 0 radical (unpaired) electrons. The van der Waals surface area contributed by atoms with Gasteiger partial charge in [-0.25, -0.2) is 0 Å². The second-order valence-electron chi connectivity index (χ2n) is 9.08. The molecule has 0 aliphatic carbocycles. The molecule has 2 aromatic carbocycles. The Morgan fingerprint density at radius 3 is 2.19 bits per heavy atom. The van der Waals surface area contributed by atoms with Gasteiger partial charge in [-0.2, -0.15) is 13.2 Å². The molecule has 0 saturated heterocycles. The predicted octanol–water partition coefficient (Wildman–Crippen LogP) is 7.26. The fourth-order valence-corrected chi connectivity index (χ4v) is 4.63. The molecule has 3 aromatic rings. The predicted molar refractivity (Wildman–Crippen MR) is 135 cm³/mol. The number of carbonyl (C=O) groups is 1. The van der Waals surface area contributed by atoms with E-state index in [1.165, 1.54) is 23.9 Å². The number of nitrogens with zero attached hydrogens (tertiary/aromatic N) is 3. The zero-order valence-corrected chi connectivity index (χ0v) is 21.9. The number of amides is 1. The van der Waals surface area contributed by atoms with Crippen molar-refractivity contribution >= 4 is 23.4 Å². The molecule has 194 valence electrons. The van der Waals surface area contributed by atoms with E-state index in [-0.39, 0.29) is 23.7 Å². The van der Waals surface area contributed by atoms with Crippen molar-refractivity contribution in [3.8, 4) is 5.75 Å². The second-order valence-corrected chi connectivity index (χ2v) is 10.4. The number of para-hydroxylation sites is 1. The number of nitrogens with one attached hydrogen (secondary N) is 1. The van der Waals surface area contributed by atoms with Crippen molar-refractivity contribution in [1.82, 2.24) is 14.8 Å². The Hall–Kier alpha value is -3.01. The summed E-state index contributed by atoms with van der Waals surface area (Å²) in [6, 6.07) is 12.2. The van der Waals surface area contributed by atoms with E-state index in [4.69, 9.17) is 4.74 Å². The van der Waals surface area contributed by atoms with Crippen LogP contribution in [0, 0.1) is 0 Å². The van der Waals surface area contributed by atoms with Crippen molar-refractivity contribution in [2.45, 2.75) is 76.2 Å². The number of aromatic nitrogens is 3. The number of ether oxygens (including phenoxy) is 1. The van der Waals surface area contributed by atoms with Gasteiger partial charge in [-0.05, 0) is 69.5 Å². The maximum atomic E-state index is 12.8. The van der Waals surface area contributed by atoms with Gasteiger partial charge in [0.25, 0.3) is 0 Å². The van der Waals surface area contributed by atoms with Crippen LogP contribution < -0.4 is 10.1 Å². The Morgan fingerprint density at radius 2 is 1.61 bits per heavy atom. The Morgan fingerprint density at radius 1 is 0.972 bits per heavy atom. The maximum absolute atomic E-state index is 12.8. The minimum Gasteiger partial charge on any atom is -0.482 e. The van der Waals surface area contributed by atoms with E-state index in [0.717, 1.165) is 23.4 Å². The molecule has 0 saturated carbocycles. The van der Waals surface area contributed by atoms with E-state index < -0.39 is 17.0 Å². The first-order valence-electron chi connectivity index (χ1n) is 11.7. The molecule has 10 heteroatoms. The third-order valence-electron chi connectivity index (χ3n) is 5.55. The molecule has 0 aliphatic heterocycles. The van der Waals surface area contributed by atoms with Crippen molar-refractivity contribution in [2.75, 3.05) is 5.32 Å². The first-order valence-corrected chi connectivity index (χ1v) is 12.6. The number of thioether (sulfide) groups is 1. The van der Waals surface area contributed by atoms with Crippen LogP contribution in [-0.2, 0) is 11.0 Å². The van der Waals surface area contributed by atoms with Gasteiger partial charge in [-0.1, -0.05) is 43.8 Å². The molecule has 3 rings (SSSR count). The second kappa shape index (κ2) is 11.4. The number of hydrogen-bond donors (Lipinski definition) is 1. The first-order chi connectivity index (χ1) is 16.9. The fraction of sp³-hybridized carbons (Fsp3) is 0.423. The summed E-state index contributed by atoms with van der Waals surface area (Å²) < 4.78 is 46.5. The molecule has 0 spiro atoms. The minimum atomic E-state index is -4.43. The lowest BCUT2D eigenvalue weighted by atomic mass is 10.0. The van der Waals surface area contributed by atoms with Gasteiger partial charge < -0.3 is 14.6 Å². The molecule has 0 aliphatic rings. The van der Waals surface area contributed by atoms with Gasteiger partial charge in [0.05, 0.1) is 10.8 Å². The zero-order chi connectivity index (χ0) is 26.6. The lowest BCUT2D eigenvalue weighted by molar-refractivity contribution is -0.137. The molecule has 0 fully saturated rings. The zero-order valence-electron chi connectivity index (χ0n) is 21.1.